The summed E-state index contributed by atoms with van der Waals surface area (Å²) in [4.78, 5) is 12.2. The molecule has 1 amide bonds. The van der Waals surface area contributed by atoms with Crippen molar-refractivity contribution in [1.82, 2.24) is 5.32 Å². The van der Waals surface area contributed by atoms with E-state index in [-0.39, 0.29) is 18.3 Å². The number of nitrogen functional groups attached to an aromatic ring is 1. The fraction of sp³-hybridized carbons (Fsp3) is 0.278. The molecular weight excluding hydrogens is 328 g/mol. The van der Waals surface area contributed by atoms with Crippen LogP contribution in [0.4, 0.5) is 5.69 Å². The smallest absolute Gasteiger partial charge is 0.251 e. The summed E-state index contributed by atoms with van der Waals surface area (Å²) >= 11 is 0. The van der Waals surface area contributed by atoms with Gasteiger partial charge in [-0.1, -0.05) is 18.2 Å². The average Bonchev–Trinajstić information content (AvgIpc) is 2.57. The van der Waals surface area contributed by atoms with Crippen LogP contribution in [0.1, 0.15) is 15.9 Å². The molecule has 0 saturated heterocycles. The lowest BCUT2D eigenvalue weighted by atomic mass is 10.1. The van der Waals surface area contributed by atoms with E-state index in [4.69, 9.17) is 15.2 Å². The minimum Gasteiger partial charge on any atom is -0.491 e. The normalized spacial score (nSPS) is 9.88. The predicted octanol–water partition coefficient (Wildman–Crippen LogP) is 2.69. The van der Waals surface area contributed by atoms with E-state index in [1.165, 1.54) is 0 Å². The minimum absolute atomic E-state index is 0. The second kappa shape index (κ2) is 10.5. The number of anilines is 1. The van der Waals surface area contributed by atoms with E-state index in [2.05, 4.69) is 5.32 Å². The van der Waals surface area contributed by atoms with Crippen molar-refractivity contribution in [3.05, 3.63) is 59.7 Å². The number of carbonyl (C=O) groups is 1. The highest BCUT2D eigenvalue weighted by molar-refractivity contribution is 5.94. The van der Waals surface area contributed by atoms with Gasteiger partial charge in [-0.2, -0.15) is 0 Å². The van der Waals surface area contributed by atoms with E-state index >= 15 is 0 Å². The summed E-state index contributed by atoms with van der Waals surface area (Å²) in [5.41, 5.74) is 8.10. The molecule has 130 valence electrons. The van der Waals surface area contributed by atoms with Gasteiger partial charge >= 0.3 is 0 Å². The highest BCUT2D eigenvalue weighted by Crippen LogP contribution is 2.13. The van der Waals surface area contributed by atoms with E-state index in [1.807, 2.05) is 30.3 Å². The van der Waals surface area contributed by atoms with Crippen molar-refractivity contribution < 1.29 is 14.3 Å². The maximum atomic E-state index is 12.2. The zero-order chi connectivity index (χ0) is 16.5. The number of nitrogens with two attached hydrogens (primary N) is 1. The molecule has 0 unspecified atom stereocenters. The van der Waals surface area contributed by atoms with Gasteiger partial charge in [0.1, 0.15) is 12.4 Å². The summed E-state index contributed by atoms with van der Waals surface area (Å²) in [6.07, 6.45) is 0.760. The number of ether oxygens (including phenoxy) is 2. The second-order valence-corrected chi connectivity index (χ2v) is 5.12. The SMILES string of the molecule is COCCOc1cccc(C(=O)NCCc2ccc(N)cc2)c1.Cl. The van der Waals surface area contributed by atoms with E-state index in [9.17, 15) is 4.79 Å². The summed E-state index contributed by atoms with van der Waals surface area (Å²) < 4.78 is 10.4. The van der Waals surface area contributed by atoms with Gasteiger partial charge in [-0.25, -0.2) is 0 Å². The van der Waals surface area contributed by atoms with Crippen LogP contribution in [0.2, 0.25) is 0 Å². The average molecular weight is 351 g/mol. The third-order valence-corrected chi connectivity index (χ3v) is 3.33. The summed E-state index contributed by atoms with van der Waals surface area (Å²) in [5, 5.41) is 2.91. The van der Waals surface area contributed by atoms with E-state index in [0.717, 1.165) is 17.7 Å². The van der Waals surface area contributed by atoms with E-state index in [0.29, 0.717) is 31.1 Å². The standard InChI is InChI=1S/C18H22N2O3.ClH/c1-22-11-12-23-17-4-2-3-15(13-17)18(21)20-10-9-14-5-7-16(19)8-6-14;/h2-8,13H,9-12,19H2,1H3,(H,20,21);1H. The number of amides is 1. The highest BCUT2D eigenvalue weighted by atomic mass is 35.5. The van der Waals surface area contributed by atoms with E-state index < -0.39 is 0 Å². The van der Waals surface area contributed by atoms with Gasteiger partial charge in [-0.15, -0.1) is 12.4 Å². The number of hydrogen-bond acceptors (Lipinski definition) is 4. The molecular formula is C18H23ClN2O3. The van der Waals surface area contributed by atoms with Gasteiger partial charge in [0.15, 0.2) is 0 Å². The summed E-state index contributed by atoms with van der Waals surface area (Å²) in [7, 11) is 1.62. The molecule has 2 rings (SSSR count). The van der Waals surface area contributed by atoms with Crippen LogP contribution < -0.4 is 15.8 Å². The molecule has 24 heavy (non-hydrogen) atoms. The number of halogens is 1. The van der Waals surface area contributed by atoms with Crippen LogP contribution in [0.15, 0.2) is 48.5 Å². The summed E-state index contributed by atoms with van der Waals surface area (Å²) in [6, 6.07) is 14.8. The molecule has 0 aliphatic carbocycles. The molecule has 0 saturated carbocycles. The number of hydrogen-bond donors (Lipinski definition) is 2. The fourth-order valence-electron chi connectivity index (χ4n) is 2.08. The molecule has 0 aromatic heterocycles. The van der Waals surface area contributed by atoms with Crippen LogP contribution in [0.5, 0.6) is 5.75 Å². The molecule has 0 atom stereocenters. The lowest BCUT2D eigenvalue weighted by molar-refractivity contribution is 0.0953. The van der Waals surface area contributed by atoms with Crippen LogP contribution in [0.3, 0.4) is 0 Å². The number of nitrogens with one attached hydrogen (secondary N) is 1. The Bertz CT molecular complexity index is 632. The molecule has 0 aliphatic rings. The molecule has 3 N–H and O–H groups in total. The molecule has 0 bridgehead atoms. The van der Waals surface area contributed by atoms with Gasteiger partial charge < -0.3 is 20.5 Å². The molecule has 5 nitrogen and oxygen atoms in total. The third-order valence-electron chi connectivity index (χ3n) is 3.33. The van der Waals surface area contributed by atoms with Crippen molar-refractivity contribution in [2.24, 2.45) is 0 Å². The summed E-state index contributed by atoms with van der Waals surface area (Å²) in [6.45, 7) is 1.54. The Morgan fingerprint density at radius 3 is 2.58 bits per heavy atom. The van der Waals surface area contributed by atoms with Crippen molar-refractivity contribution in [2.45, 2.75) is 6.42 Å². The maximum absolute atomic E-state index is 12.2. The van der Waals surface area contributed by atoms with Crippen molar-refractivity contribution in [2.75, 3.05) is 32.6 Å². The monoisotopic (exact) mass is 350 g/mol. The first-order valence-electron chi connectivity index (χ1n) is 7.53. The first kappa shape index (κ1) is 19.8. The van der Waals surface area contributed by atoms with Crippen LogP contribution in [-0.4, -0.2) is 32.8 Å². The zero-order valence-corrected chi connectivity index (χ0v) is 14.5. The number of carbonyl (C=O) groups excluding carboxylic acids is 1. The molecule has 2 aromatic rings. The number of methoxy groups -OCH3 is 1. The topological polar surface area (TPSA) is 73.6 Å². The largest absolute Gasteiger partial charge is 0.491 e. The third kappa shape index (κ3) is 6.48. The number of benzene rings is 2. The predicted molar refractivity (Wildman–Crippen MR) is 98.0 cm³/mol. The molecule has 0 heterocycles. The van der Waals surface area contributed by atoms with E-state index in [1.54, 1.807) is 25.3 Å². The molecule has 2 aromatic carbocycles. The van der Waals surface area contributed by atoms with Gasteiger partial charge in [-0.3, -0.25) is 4.79 Å². The fourth-order valence-corrected chi connectivity index (χ4v) is 2.08. The van der Waals surface area contributed by atoms with Crippen molar-refractivity contribution in [3.8, 4) is 5.75 Å². The Morgan fingerprint density at radius 1 is 1.12 bits per heavy atom. The van der Waals surface area contributed by atoms with Crippen LogP contribution >= 0.6 is 12.4 Å². The van der Waals surface area contributed by atoms with Crippen molar-refractivity contribution in [3.63, 3.8) is 0 Å². The summed E-state index contributed by atoms with van der Waals surface area (Å²) in [5.74, 6) is 0.547. The molecule has 0 radical (unpaired) electrons. The Morgan fingerprint density at radius 2 is 1.88 bits per heavy atom. The Hall–Kier alpha value is -2.24. The number of rotatable bonds is 8. The van der Waals surface area contributed by atoms with Crippen molar-refractivity contribution >= 4 is 24.0 Å². The Balaban J connectivity index is 0.00000288. The van der Waals surface area contributed by atoms with Gasteiger partial charge in [0.05, 0.1) is 6.61 Å². The van der Waals surface area contributed by atoms with Crippen LogP contribution in [0.25, 0.3) is 0 Å². The van der Waals surface area contributed by atoms with Crippen molar-refractivity contribution in [1.29, 1.82) is 0 Å². The first-order valence-corrected chi connectivity index (χ1v) is 7.53. The molecule has 6 heteroatoms. The lowest BCUT2D eigenvalue weighted by Crippen LogP contribution is -2.25. The van der Waals surface area contributed by atoms with Crippen LogP contribution in [0, 0.1) is 0 Å². The second-order valence-electron chi connectivity index (χ2n) is 5.12. The lowest BCUT2D eigenvalue weighted by Gasteiger charge is -2.08. The quantitative estimate of drug-likeness (QED) is 0.567. The maximum Gasteiger partial charge on any atom is 0.251 e. The highest BCUT2D eigenvalue weighted by Gasteiger charge is 2.06. The molecule has 0 aliphatic heterocycles. The van der Waals surface area contributed by atoms with Gasteiger partial charge in [0, 0.05) is 24.9 Å². The Kier molecular flexibility index (Phi) is 8.68. The van der Waals surface area contributed by atoms with Gasteiger partial charge in [-0.05, 0) is 42.3 Å². The minimum atomic E-state index is -0.113. The zero-order valence-electron chi connectivity index (χ0n) is 13.7. The first-order chi connectivity index (χ1) is 11.2. The Labute approximate surface area is 148 Å². The van der Waals surface area contributed by atoms with Gasteiger partial charge in [0.2, 0.25) is 0 Å². The van der Waals surface area contributed by atoms with Crippen LogP contribution in [-0.2, 0) is 11.2 Å². The van der Waals surface area contributed by atoms with Gasteiger partial charge in [0.25, 0.3) is 5.91 Å². The molecule has 0 fully saturated rings. The molecule has 0 spiro atoms.